The number of hydrogen-bond acceptors (Lipinski definition) is 10. The third-order valence-electron chi connectivity index (χ3n) is 11.2. The van der Waals surface area contributed by atoms with Crippen LogP contribution in [-0.2, 0) is 25.2 Å². The standard InChI is InChI=1S/C38H42Cl2N8O6/c1-53-31-10-7-25(33-41-44-45-42-33)21-28(31)34(49)47-18-12-37(24-47,27-8-9-29(39)30(40)22-27)11-15-46-16-13-38(14-17-46,26-5-3-2-4-6-26)36(52)43-48-19-20-54-32(23-48)35(50)51/h2-10,21-22,32H,11-20,23-24H2,1H3,(H,43,52)(H,50,51)(H,41,42,44,45). The number of benzene rings is 3. The predicted octanol–water partition coefficient (Wildman–Crippen LogP) is 4.21. The number of halogens is 2. The lowest BCUT2D eigenvalue weighted by Gasteiger charge is -2.43. The molecule has 2 unspecified atom stereocenters. The van der Waals surface area contributed by atoms with Crippen molar-refractivity contribution in [1.82, 2.24) is 40.9 Å². The number of carboxylic acid groups (broad SMARTS) is 1. The molecule has 4 aromatic rings. The molecule has 3 aromatic carbocycles. The van der Waals surface area contributed by atoms with E-state index in [1.165, 1.54) is 7.11 Å². The summed E-state index contributed by atoms with van der Waals surface area (Å²) in [7, 11) is 1.54. The lowest BCUT2D eigenvalue weighted by Crippen LogP contribution is -2.59. The Balaban J connectivity index is 1.08. The average molecular weight is 778 g/mol. The van der Waals surface area contributed by atoms with E-state index in [0.717, 1.165) is 24.1 Å². The number of methoxy groups -OCH3 is 1. The number of carboxylic acids is 1. The molecule has 0 radical (unpaired) electrons. The molecule has 7 rings (SSSR count). The van der Waals surface area contributed by atoms with Gasteiger partial charge in [0.1, 0.15) is 5.75 Å². The highest BCUT2D eigenvalue weighted by molar-refractivity contribution is 6.42. The van der Waals surface area contributed by atoms with E-state index >= 15 is 0 Å². The predicted molar refractivity (Wildman–Crippen MR) is 200 cm³/mol. The Morgan fingerprint density at radius 2 is 1.78 bits per heavy atom. The summed E-state index contributed by atoms with van der Waals surface area (Å²) < 4.78 is 11.0. The van der Waals surface area contributed by atoms with Crippen LogP contribution in [0.3, 0.4) is 0 Å². The number of carbonyl (C=O) groups excluding carboxylic acids is 2. The summed E-state index contributed by atoms with van der Waals surface area (Å²) in [5, 5.41) is 26.3. The Morgan fingerprint density at radius 1 is 0.981 bits per heavy atom. The minimum absolute atomic E-state index is 0.0748. The van der Waals surface area contributed by atoms with Crippen LogP contribution >= 0.6 is 23.2 Å². The number of aromatic nitrogens is 4. The number of rotatable bonds is 11. The maximum Gasteiger partial charge on any atom is 0.334 e. The van der Waals surface area contributed by atoms with Crippen LogP contribution in [0.1, 0.15) is 47.2 Å². The van der Waals surface area contributed by atoms with Gasteiger partial charge in [-0.25, -0.2) is 9.80 Å². The molecule has 3 aliphatic rings. The van der Waals surface area contributed by atoms with Gasteiger partial charge in [-0.15, -0.1) is 10.2 Å². The summed E-state index contributed by atoms with van der Waals surface area (Å²) in [5.74, 6) is -0.528. The summed E-state index contributed by atoms with van der Waals surface area (Å²) in [4.78, 5) is 44.2. The fraction of sp³-hybridized carbons (Fsp3) is 0.421. The fourth-order valence-electron chi connectivity index (χ4n) is 8.01. The number of carbonyl (C=O) groups is 3. The molecule has 3 saturated heterocycles. The van der Waals surface area contributed by atoms with Gasteiger partial charge in [0.05, 0.1) is 41.3 Å². The minimum Gasteiger partial charge on any atom is -0.496 e. The van der Waals surface area contributed by atoms with Crippen LogP contribution in [0, 0.1) is 0 Å². The number of hydrazine groups is 1. The molecule has 2 amide bonds. The summed E-state index contributed by atoms with van der Waals surface area (Å²) in [6.45, 7) is 3.75. The Bertz CT molecular complexity index is 1980. The Morgan fingerprint density at radius 3 is 2.48 bits per heavy atom. The zero-order valence-electron chi connectivity index (χ0n) is 29.8. The van der Waals surface area contributed by atoms with Gasteiger partial charge in [-0.1, -0.05) is 59.6 Å². The number of aliphatic carboxylic acids is 1. The number of aromatic amines is 1. The SMILES string of the molecule is COc1ccc(-c2nn[nH]n2)cc1C(=O)N1CCC(CCN2CCC(C(=O)NN3CCOC(C(=O)O)C3)(c3ccccc3)CC2)(c2ccc(Cl)c(Cl)c2)C1. The van der Waals surface area contributed by atoms with Crippen molar-refractivity contribution in [2.75, 3.05) is 59.5 Å². The van der Waals surface area contributed by atoms with Crippen molar-refractivity contribution in [3.05, 3.63) is 93.5 Å². The number of nitrogens with zero attached hydrogens (tertiary/aromatic N) is 6. The molecule has 54 heavy (non-hydrogen) atoms. The number of H-pyrrole nitrogens is 1. The number of tetrazole rings is 1. The first-order valence-corrected chi connectivity index (χ1v) is 18.7. The van der Waals surface area contributed by atoms with E-state index in [0.29, 0.717) is 84.7 Å². The number of nitrogens with one attached hydrogen (secondary N) is 2. The van der Waals surface area contributed by atoms with E-state index in [1.807, 2.05) is 53.4 Å². The summed E-state index contributed by atoms with van der Waals surface area (Å²) in [6, 6.07) is 20.8. The van der Waals surface area contributed by atoms with Crippen molar-refractivity contribution in [2.24, 2.45) is 0 Å². The molecule has 284 valence electrons. The van der Waals surface area contributed by atoms with Crippen LogP contribution in [0.2, 0.25) is 10.0 Å². The largest absolute Gasteiger partial charge is 0.496 e. The zero-order chi connectivity index (χ0) is 37.9. The molecular formula is C38H42Cl2N8O6. The van der Waals surface area contributed by atoms with Gasteiger partial charge in [0.15, 0.2) is 6.10 Å². The molecular weight excluding hydrogens is 735 g/mol. The Hall–Kier alpha value is -4.60. The molecule has 0 saturated carbocycles. The van der Waals surface area contributed by atoms with E-state index in [9.17, 15) is 19.5 Å². The molecule has 14 nitrogen and oxygen atoms in total. The van der Waals surface area contributed by atoms with E-state index < -0.39 is 22.9 Å². The molecule has 2 atom stereocenters. The summed E-state index contributed by atoms with van der Waals surface area (Å²) in [6.07, 6.45) is 1.61. The molecule has 1 aromatic heterocycles. The number of likely N-dealkylation sites (tertiary alicyclic amines) is 2. The second-order valence-corrected chi connectivity index (χ2v) is 15.0. The number of ether oxygens (including phenoxy) is 2. The first-order chi connectivity index (χ1) is 26.1. The molecule has 3 fully saturated rings. The van der Waals surface area contributed by atoms with Crippen LogP contribution in [0.5, 0.6) is 5.75 Å². The molecule has 3 aliphatic heterocycles. The monoisotopic (exact) mass is 776 g/mol. The lowest BCUT2D eigenvalue weighted by atomic mass is 9.71. The highest BCUT2D eigenvalue weighted by Gasteiger charge is 2.46. The number of morpholine rings is 1. The van der Waals surface area contributed by atoms with E-state index in [-0.39, 0.29) is 25.0 Å². The smallest absolute Gasteiger partial charge is 0.334 e. The maximum absolute atomic E-state index is 14.2. The van der Waals surface area contributed by atoms with Gasteiger partial charge in [-0.2, -0.15) is 5.21 Å². The summed E-state index contributed by atoms with van der Waals surface area (Å²) in [5.41, 5.74) is 4.84. The van der Waals surface area contributed by atoms with Crippen LogP contribution in [0.25, 0.3) is 11.4 Å². The summed E-state index contributed by atoms with van der Waals surface area (Å²) >= 11 is 12.9. The molecule has 0 bridgehead atoms. The number of amides is 2. The van der Waals surface area contributed by atoms with Gasteiger partial charge in [0.25, 0.3) is 5.91 Å². The Kier molecular flexibility index (Phi) is 11.2. The quantitative estimate of drug-likeness (QED) is 0.200. The van der Waals surface area contributed by atoms with Crippen molar-refractivity contribution in [1.29, 1.82) is 0 Å². The van der Waals surface area contributed by atoms with Crippen molar-refractivity contribution in [3.63, 3.8) is 0 Å². The average Bonchev–Trinajstić information content (AvgIpc) is 3.90. The number of piperidine rings is 1. The van der Waals surface area contributed by atoms with Crippen molar-refractivity contribution < 1.29 is 29.0 Å². The van der Waals surface area contributed by atoms with Crippen LogP contribution < -0.4 is 10.2 Å². The molecule has 16 heteroatoms. The molecule has 0 spiro atoms. The maximum atomic E-state index is 14.2. The van der Waals surface area contributed by atoms with Crippen molar-refractivity contribution >= 4 is 41.0 Å². The molecule has 4 heterocycles. The Labute approximate surface area is 322 Å². The van der Waals surface area contributed by atoms with E-state index in [1.54, 1.807) is 23.2 Å². The minimum atomic E-state index is -1.05. The second-order valence-electron chi connectivity index (χ2n) is 14.2. The van der Waals surface area contributed by atoms with Crippen LogP contribution in [0.15, 0.2) is 66.7 Å². The van der Waals surface area contributed by atoms with Crippen molar-refractivity contribution in [2.45, 2.75) is 42.6 Å². The van der Waals surface area contributed by atoms with Gasteiger partial charge in [0, 0.05) is 30.6 Å². The molecule has 3 N–H and O–H groups in total. The molecule has 0 aliphatic carbocycles. The van der Waals surface area contributed by atoms with Gasteiger partial charge in [0.2, 0.25) is 11.7 Å². The van der Waals surface area contributed by atoms with E-state index in [2.05, 4.69) is 30.9 Å². The zero-order valence-corrected chi connectivity index (χ0v) is 31.4. The van der Waals surface area contributed by atoms with Crippen molar-refractivity contribution in [3.8, 4) is 17.1 Å². The normalized spacial score (nSPS) is 21.8. The van der Waals surface area contributed by atoms with Crippen LogP contribution in [-0.4, -0.2) is 124 Å². The topological polar surface area (TPSA) is 166 Å². The van der Waals surface area contributed by atoms with E-state index in [4.69, 9.17) is 32.7 Å². The van der Waals surface area contributed by atoms with Gasteiger partial charge in [-0.05, 0) is 92.0 Å². The second kappa shape index (κ2) is 16.0. The first kappa shape index (κ1) is 37.7. The fourth-order valence-corrected chi connectivity index (χ4v) is 8.31. The van der Waals surface area contributed by atoms with Gasteiger partial charge < -0.3 is 24.4 Å². The first-order valence-electron chi connectivity index (χ1n) is 18.0. The number of hydrogen-bond donors (Lipinski definition) is 3. The third kappa shape index (κ3) is 7.66. The third-order valence-corrected chi connectivity index (χ3v) is 11.9. The van der Waals surface area contributed by atoms with Gasteiger partial charge >= 0.3 is 5.97 Å². The van der Waals surface area contributed by atoms with Crippen LogP contribution in [0.4, 0.5) is 0 Å². The highest BCUT2D eigenvalue weighted by Crippen LogP contribution is 2.42. The lowest BCUT2D eigenvalue weighted by molar-refractivity contribution is -0.160. The highest BCUT2D eigenvalue weighted by atomic mass is 35.5. The van der Waals surface area contributed by atoms with Gasteiger partial charge in [-0.3, -0.25) is 15.0 Å².